The zero-order valence-corrected chi connectivity index (χ0v) is 11.9. The van der Waals surface area contributed by atoms with Crippen LogP contribution < -0.4 is 5.32 Å². The Bertz CT molecular complexity index is 715. The molecule has 0 bridgehead atoms. The first-order valence-electron chi connectivity index (χ1n) is 6.53. The molecule has 0 spiro atoms. The smallest absolute Gasteiger partial charge is 0.287 e. The van der Waals surface area contributed by atoms with Gasteiger partial charge in [-0.1, -0.05) is 18.2 Å². The third-order valence-corrected chi connectivity index (χ3v) is 4.22. The number of rotatable bonds is 4. The molecule has 3 rings (SSSR count). The molecule has 0 fully saturated rings. The van der Waals surface area contributed by atoms with Gasteiger partial charge in [-0.05, 0) is 47.9 Å². The predicted molar refractivity (Wildman–Crippen MR) is 81.2 cm³/mol. The summed E-state index contributed by atoms with van der Waals surface area (Å²) in [5.41, 5.74) is 1.28. The standard InChI is InChI=1S/C16H15NO2S/c1-11(17-16(18)14-6-4-8-19-14)9-12-10-20-15-7-3-2-5-13(12)15/h2-8,10-11H,9H2,1H3,(H,17,18). The summed E-state index contributed by atoms with van der Waals surface area (Å²) in [6.45, 7) is 2.01. The molecule has 3 nitrogen and oxygen atoms in total. The van der Waals surface area contributed by atoms with Crippen molar-refractivity contribution in [2.24, 2.45) is 0 Å². The van der Waals surface area contributed by atoms with Crippen molar-refractivity contribution in [2.75, 3.05) is 0 Å². The average molecular weight is 285 g/mol. The van der Waals surface area contributed by atoms with Gasteiger partial charge in [-0.15, -0.1) is 11.3 Å². The summed E-state index contributed by atoms with van der Waals surface area (Å²) in [4.78, 5) is 11.9. The van der Waals surface area contributed by atoms with E-state index in [1.165, 1.54) is 21.9 Å². The summed E-state index contributed by atoms with van der Waals surface area (Å²) < 4.78 is 6.38. The van der Waals surface area contributed by atoms with E-state index in [2.05, 4.69) is 22.8 Å². The van der Waals surface area contributed by atoms with Crippen LogP contribution in [0.3, 0.4) is 0 Å². The largest absolute Gasteiger partial charge is 0.459 e. The van der Waals surface area contributed by atoms with E-state index in [-0.39, 0.29) is 11.9 Å². The fourth-order valence-electron chi connectivity index (χ4n) is 2.27. The molecule has 102 valence electrons. The lowest BCUT2D eigenvalue weighted by atomic mass is 10.1. The Morgan fingerprint density at radius 3 is 2.95 bits per heavy atom. The maximum atomic E-state index is 11.9. The van der Waals surface area contributed by atoms with E-state index >= 15 is 0 Å². The second-order valence-electron chi connectivity index (χ2n) is 4.81. The van der Waals surface area contributed by atoms with Crippen LogP contribution in [0.1, 0.15) is 23.0 Å². The Morgan fingerprint density at radius 1 is 1.30 bits per heavy atom. The second kappa shape index (κ2) is 5.51. The molecule has 4 heteroatoms. The first kappa shape index (κ1) is 12.9. The first-order valence-corrected chi connectivity index (χ1v) is 7.41. The monoisotopic (exact) mass is 285 g/mol. The van der Waals surface area contributed by atoms with Crippen molar-refractivity contribution in [3.8, 4) is 0 Å². The van der Waals surface area contributed by atoms with E-state index in [1.807, 2.05) is 19.1 Å². The topological polar surface area (TPSA) is 42.2 Å². The normalized spacial score (nSPS) is 12.4. The molecule has 0 saturated carbocycles. The third kappa shape index (κ3) is 2.60. The van der Waals surface area contributed by atoms with Crippen molar-refractivity contribution in [3.05, 3.63) is 59.4 Å². The van der Waals surface area contributed by atoms with E-state index < -0.39 is 0 Å². The number of hydrogen-bond donors (Lipinski definition) is 1. The van der Waals surface area contributed by atoms with Crippen molar-refractivity contribution in [3.63, 3.8) is 0 Å². The maximum absolute atomic E-state index is 11.9. The molecule has 1 unspecified atom stereocenters. The van der Waals surface area contributed by atoms with Crippen LogP contribution in [0.2, 0.25) is 0 Å². The van der Waals surface area contributed by atoms with Crippen molar-refractivity contribution in [1.82, 2.24) is 5.32 Å². The number of fused-ring (bicyclic) bond motifs is 1. The lowest BCUT2D eigenvalue weighted by Crippen LogP contribution is -2.33. The van der Waals surface area contributed by atoms with Crippen LogP contribution in [-0.4, -0.2) is 11.9 Å². The molecule has 20 heavy (non-hydrogen) atoms. The molecule has 3 aromatic rings. The van der Waals surface area contributed by atoms with Gasteiger partial charge in [-0.2, -0.15) is 0 Å². The highest BCUT2D eigenvalue weighted by Crippen LogP contribution is 2.26. The number of carbonyl (C=O) groups is 1. The van der Waals surface area contributed by atoms with Crippen molar-refractivity contribution < 1.29 is 9.21 Å². The zero-order chi connectivity index (χ0) is 13.9. The Hall–Kier alpha value is -2.07. The van der Waals surface area contributed by atoms with Crippen molar-refractivity contribution in [1.29, 1.82) is 0 Å². The fourth-order valence-corrected chi connectivity index (χ4v) is 3.25. The quantitative estimate of drug-likeness (QED) is 0.791. The summed E-state index contributed by atoms with van der Waals surface area (Å²) in [7, 11) is 0. The predicted octanol–water partition coefficient (Wildman–Crippen LogP) is 3.86. The molecule has 0 saturated heterocycles. The second-order valence-corrected chi connectivity index (χ2v) is 5.72. The Kier molecular flexibility index (Phi) is 3.56. The third-order valence-electron chi connectivity index (χ3n) is 3.21. The highest BCUT2D eigenvalue weighted by molar-refractivity contribution is 7.17. The molecule has 0 aliphatic heterocycles. The SMILES string of the molecule is CC(Cc1csc2ccccc12)NC(=O)c1ccco1. The molecule has 0 aliphatic rings. The van der Waals surface area contributed by atoms with E-state index in [0.29, 0.717) is 5.76 Å². The minimum absolute atomic E-state index is 0.0607. The Labute approximate surface area is 121 Å². The molecule has 1 amide bonds. The van der Waals surface area contributed by atoms with E-state index in [9.17, 15) is 4.79 Å². The van der Waals surface area contributed by atoms with Crippen LogP contribution >= 0.6 is 11.3 Å². The highest BCUT2D eigenvalue weighted by Gasteiger charge is 2.14. The minimum atomic E-state index is -0.165. The van der Waals surface area contributed by atoms with E-state index in [4.69, 9.17) is 4.42 Å². The van der Waals surface area contributed by atoms with Crippen LogP contribution in [0.5, 0.6) is 0 Å². The van der Waals surface area contributed by atoms with E-state index in [0.717, 1.165) is 6.42 Å². The van der Waals surface area contributed by atoms with Crippen LogP contribution in [0.4, 0.5) is 0 Å². The van der Waals surface area contributed by atoms with Gasteiger partial charge in [0.25, 0.3) is 5.91 Å². The van der Waals surface area contributed by atoms with Crippen molar-refractivity contribution >= 4 is 27.3 Å². The number of furan rings is 1. The zero-order valence-electron chi connectivity index (χ0n) is 11.1. The molecular weight excluding hydrogens is 270 g/mol. The van der Waals surface area contributed by atoms with Crippen LogP contribution in [0, 0.1) is 0 Å². The molecule has 0 aliphatic carbocycles. The van der Waals surface area contributed by atoms with Gasteiger partial charge in [0.05, 0.1) is 6.26 Å². The van der Waals surface area contributed by atoms with E-state index in [1.54, 1.807) is 23.5 Å². The van der Waals surface area contributed by atoms with Crippen LogP contribution in [0.25, 0.3) is 10.1 Å². The molecule has 1 N–H and O–H groups in total. The Balaban J connectivity index is 1.70. The first-order chi connectivity index (χ1) is 9.74. The number of amides is 1. The lowest BCUT2D eigenvalue weighted by Gasteiger charge is -2.12. The van der Waals surface area contributed by atoms with Gasteiger partial charge in [0.15, 0.2) is 5.76 Å². The number of hydrogen-bond acceptors (Lipinski definition) is 3. The van der Waals surface area contributed by atoms with Crippen molar-refractivity contribution in [2.45, 2.75) is 19.4 Å². The highest BCUT2D eigenvalue weighted by atomic mass is 32.1. The number of carbonyl (C=O) groups excluding carboxylic acids is 1. The number of benzene rings is 1. The molecule has 1 atom stereocenters. The van der Waals surface area contributed by atoms with Gasteiger partial charge < -0.3 is 9.73 Å². The summed E-state index contributed by atoms with van der Waals surface area (Å²) >= 11 is 1.74. The van der Waals surface area contributed by atoms with Gasteiger partial charge >= 0.3 is 0 Å². The Morgan fingerprint density at radius 2 is 2.15 bits per heavy atom. The maximum Gasteiger partial charge on any atom is 0.287 e. The fraction of sp³-hybridized carbons (Fsp3) is 0.188. The van der Waals surface area contributed by atoms with Gasteiger partial charge in [0.2, 0.25) is 0 Å². The van der Waals surface area contributed by atoms with Crippen LogP contribution in [-0.2, 0) is 6.42 Å². The molecule has 2 aromatic heterocycles. The summed E-state index contributed by atoms with van der Waals surface area (Å²) in [6.07, 6.45) is 2.32. The minimum Gasteiger partial charge on any atom is -0.459 e. The molecular formula is C16H15NO2S. The van der Waals surface area contributed by atoms with Gasteiger partial charge in [-0.3, -0.25) is 4.79 Å². The molecule has 1 aromatic carbocycles. The molecule has 2 heterocycles. The van der Waals surface area contributed by atoms with Gasteiger partial charge in [0, 0.05) is 10.7 Å². The summed E-state index contributed by atoms with van der Waals surface area (Å²) in [6, 6.07) is 11.8. The summed E-state index contributed by atoms with van der Waals surface area (Å²) in [5, 5.41) is 6.40. The summed E-state index contributed by atoms with van der Waals surface area (Å²) in [5.74, 6) is 0.189. The molecule has 0 radical (unpaired) electrons. The number of nitrogens with one attached hydrogen (secondary N) is 1. The van der Waals surface area contributed by atoms with Crippen LogP contribution in [0.15, 0.2) is 52.5 Å². The van der Waals surface area contributed by atoms with Gasteiger partial charge in [-0.25, -0.2) is 0 Å². The number of thiophene rings is 1. The van der Waals surface area contributed by atoms with Gasteiger partial charge in [0.1, 0.15) is 0 Å². The average Bonchev–Trinajstić information content (AvgIpc) is 3.09. The lowest BCUT2D eigenvalue weighted by molar-refractivity contribution is 0.0912.